The Morgan fingerprint density at radius 3 is 2.25 bits per heavy atom. The molecular formula is C19H31N3O2. The average Bonchev–Trinajstić information content (AvgIpc) is 2.51. The molecule has 2 amide bonds. The highest BCUT2D eigenvalue weighted by Crippen LogP contribution is 2.26. The predicted molar refractivity (Wildman–Crippen MR) is 100 cm³/mol. The second-order valence-corrected chi connectivity index (χ2v) is 6.79. The SMILES string of the molecule is CC[C@@H](C)N(Cc1cc(NC(=O)C(C)C)ccc1N(C)C)C(C)=O. The fraction of sp³-hybridized carbons (Fsp3) is 0.579. The third kappa shape index (κ3) is 5.25. The van der Waals surface area contributed by atoms with Crippen molar-refractivity contribution in [1.82, 2.24) is 4.90 Å². The van der Waals surface area contributed by atoms with Gasteiger partial charge in [-0.1, -0.05) is 20.8 Å². The molecule has 0 heterocycles. The van der Waals surface area contributed by atoms with E-state index in [9.17, 15) is 9.59 Å². The van der Waals surface area contributed by atoms with Crippen LogP contribution in [-0.2, 0) is 16.1 Å². The maximum atomic E-state index is 12.0. The Kier molecular flexibility index (Phi) is 7.26. The number of anilines is 2. The third-order valence-corrected chi connectivity index (χ3v) is 4.22. The van der Waals surface area contributed by atoms with Crippen molar-refractivity contribution in [1.29, 1.82) is 0 Å². The Morgan fingerprint density at radius 1 is 1.17 bits per heavy atom. The van der Waals surface area contributed by atoms with Crippen LogP contribution in [0.25, 0.3) is 0 Å². The minimum absolute atomic E-state index is 0.0103. The first-order chi connectivity index (χ1) is 11.2. The van der Waals surface area contributed by atoms with E-state index in [1.54, 1.807) is 6.92 Å². The number of benzene rings is 1. The van der Waals surface area contributed by atoms with Crippen LogP contribution in [0.3, 0.4) is 0 Å². The summed E-state index contributed by atoms with van der Waals surface area (Å²) in [5.74, 6) is -0.0228. The zero-order chi connectivity index (χ0) is 18.4. The van der Waals surface area contributed by atoms with Crippen LogP contribution in [0.15, 0.2) is 18.2 Å². The fourth-order valence-corrected chi connectivity index (χ4v) is 2.49. The van der Waals surface area contributed by atoms with E-state index in [1.165, 1.54) is 0 Å². The molecule has 0 aliphatic rings. The summed E-state index contributed by atoms with van der Waals surface area (Å²) in [7, 11) is 3.96. The van der Waals surface area contributed by atoms with E-state index < -0.39 is 0 Å². The average molecular weight is 333 g/mol. The van der Waals surface area contributed by atoms with Crippen LogP contribution in [0.4, 0.5) is 11.4 Å². The van der Waals surface area contributed by atoms with Gasteiger partial charge in [0.2, 0.25) is 11.8 Å². The number of hydrogen-bond acceptors (Lipinski definition) is 3. The molecule has 1 aromatic carbocycles. The van der Waals surface area contributed by atoms with Gasteiger partial charge in [0, 0.05) is 50.9 Å². The lowest BCUT2D eigenvalue weighted by atomic mass is 10.1. The van der Waals surface area contributed by atoms with Gasteiger partial charge in [-0.2, -0.15) is 0 Å². The highest BCUT2D eigenvalue weighted by molar-refractivity contribution is 5.92. The molecule has 1 rings (SSSR count). The van der Waals surface area contributed by atoms with Crippen LogP contribution in [0, 0.1) is 5.92 Å². The van der Waals surface area contributed by atoms with Gasteiger partial charge in [0.1, 0.15) is 0 Å². The summed E-state index contributed by atoms with van der Waals surface area (Å²) in [6, 6.07) is 6.03. The Bertz CT molecular complexity index is 582. The molecule has 0 aliphatic carbocycles. The van der Waals surface area contributed by atoms with Gasteiger partial charge in [-0.3, -0.25) is 9.59 Å². The summed E-state index contributed by atoms with van der Waals surface area (Å²) >= 11 is 0. The number of rotatable bonds is 7. The highest BCUT2D eigenvalue weighted by Gasteiger charge is 2.18. The molecule has 0 spiro atoms. The van der Waals surface area contributed by atoms with Crippen LogP contribution in [-0.4, -0.2) is 36.9 Å². The number of hydrogen-bond donors (Lipinski definition) is 1. The predicted octanol–water partition coefficient (Wildman–Crippen LogP) is 3.49. The topological polar surface area (TPSA) is 52.7 Å². The minimum Gasteiger partial charge on any atom is -0.377 e. The first-order valence-corrected chi connectivity index (χ1v) is 8.55. The van der Waals surface area contributed by atoms with Gasteiger partial charge in [-0.15, -0.1) is 0 Å². The van der Waals surface area contributed by atoms with Crippen molar-refractivity contribution in [3.8, 4) is 0 Å². The molecule has 0 unspecified atom stereocenters. The number of carbonyl (C=O) groups is 2. The monoisotopic (exact) mass is 333 g/mol. The standard InChI is InChI=1S/C19H31N3O2/c1-8-14(4)22(15(5)23)12-16-11-17(20-19(24)13(2)3)9-10-18(16)21(6)7/h9-11,13-14H,8,12H2,1-7H3,(H,20,24)/t14-/m1/s1. The molecule has 5 heteroatoms. The number of nitrogens with zero attached hydrogens (tertiary/aromatic N) is 2. The number of nitrogens with one attached hydrogen (secondary N) is 1. The summed E-state index contributed by atoms with van der Waals surface area (Å²) in [5.41, 5.74) is 2.84. The molecule has 0 bridgehead atoms. The highest BCUT2D eigenvalue weighted by atomic mass is 16.2. The summed E-state index contributed by atoms with van der Waals surface area (Å²) < 4.78 is 0. The van der Waals surface area contributed by atoms with Crippen molar-refractivity contribution in [2.75, 3.05) is 24.3 Å². The molecular weight excluding hydrogens is 302 g/mol. The lowest BCUT2D eigenvalue weighted by Crippen LogP contribution is -2.36. The van der Waals surface area contributed by atoms with Crippen LogP contribution >= 0.6 is 0 Å². The minimum atomic E-state index is -0.0733. The van der Waals surface area contributed by atoms with Crippen LogP contribution in [0.2, 0.25) is 0 Å². The second kappa shape index (κ2) is 8.71. The van der Waals surface area contributed by atoms with Crippen LogP contribution < -0.4 is 10.2 Å². The zero-order valence-corrected chi connectivity index (χ0v) is 16.0. The van der Waals surface area contributed by atoms with Gasteiger partial charge in [0.15, 0.2) is 0 Å². The van der Waals surface area contributed by atoms with Gasteiger partial charge in [-0.25, -0.2) is 0 Å². The molecule has 0 aliphatic heterocycles. The quantitative estimate of drug-likeness (QED) is 0.831. The van der Waals surface area contributed by atoms with E-state index in [1.807, 2.05) is 55.9 Å². The van der Waals surface area contributed by atoms with E-state index in [4.69, 9.17) is 0 Å². The summed E-state index contributed by atoms with van der Waals surface area (Å²) in [4.78, 5) is 27.9. The molecule has 1 atom stereocenters. The first kappa shape index (κ1) is 20.0. The third-order valence-electron chi connectivity index (χ3n) is 4.22. The van der Waals surface area contributed by atoms with Gasteiger partial charge in [0.05, 0.1) is 0 Å². The van der Waals surface area contributed by atoms with Crippen LogP contribution in [0.5, 0.6) is 0 Å². The Morgan fingerprint density at radius 2 is 1.79 bits per heavy atom. The molecule has 134 valence electrons. The molecule has 0 radical (unpaired) electrons. The Hall–Kier alpha value is -2.04. The lowest BCUT2D eigenvalue weighted by molar-refractivity contribution is -0.131. The van der Waals surface area contributed by atoms with E-state index >= 15 is 0 Å². The maximum absolute atomic E-state index is 12.0. The van der Waals surface area contributed by atoms with Crippen molar-refractivity contribution in [3.63, 3.8) is 0 Å². The lowest BCUT2D eigenvalue weighted by Gasteiger charge is -2.29. The van der Waals surface area contributed by atoms with Gasteiger partial charge in [-0.05, 0) is 37.1 Å². The van der Waals surface area contributed by atoms with Gasteiger partial charge in [0.25, 0.3) is 0 Å². The maximum Gasteiger partial charge on any atom is 0.226 e. The van der Waals surface area contributed by atoms with Gasteiger partial charge >= 0.3 is 0 Å². The second-order valence-electron chi connectivity index (χ2n) is 6.79. The fourth-order valence-electron chi connectivity index (χ4n) is 2.49. The molecule has 0 saturated carbocycles. The molecule has 0 saturated heterocycles. The first-order valence-electron chi connectivity index (χ1n) is 8.55. The van der Waals surface area contributed by atoms with Crippen molar-refractivity contribution < 1.29 is 9.59 Å². The molecule has 5 nitrogen and oxygen atoms in total. The van der Waals surface area contributed by atoms with Crippen molar-refractivity contribution in [3.05, 3.63) is 23.8 Å². The van der Waals surface area contributed by atoms with E-state index in [0.29, 0.717) is 6.54 Å². The van der Waals surface area contributed by atoms with Crippen molar-refractivity contribution >= 4 is 23.2 Å². The number of carbonyl (C=O) groups excluding carboxylic acids is 2. The largest absolute Gasteiger partial charge is 0.377 e. The Labute approximate surface area is 146 Å². The zero-order valence-electron chi connectivity index (χ0n) is 16.0. The van der Waals surface area contributed by atoms with Crippen molar-refractivity contribution in [2.45, 2.75) is 53.6 Å². The Balaban J connectivity index is 3.16. The molecule has 1 aromatic rings. The molecule has 0 aromatic heterocycles. The summed E-state index contributed by atoms with van der Waals surface area (Å²) in [5, 5.41) is 2.93. The molecule has 24 heavy (non-hydrogen) atoms. The van der Waals surface area contributed by atoms with E-state index in [0.717, 1.165) is 23.4 Å². The van der Waals surface area contributed by atoms with Crippen molar-refractivity contribution in [2.24, 2.45) is 5.92 Å². The summed E-state index contributed by atoms with van der Waals surface area (Å²) in [6.07, 6.45) is 0.903. The smallest absolute Gasteiger partial charge is 0.226 e. The number of amides is 2. The molecule has 0 fully saturated rings. The van der Waals surface area contributed by atoms with Gasteiger partial charge < -0.3 is 15.1 Å². The van der Waals surface area contributed by atoms with E-state index in [2.05, 4.69) is 19.2 Å². The van der Waals surface area contributed by atoms with E-state index in [-0.39, 0.29) is 23.8 Å². The normalized spacial score (nSPS) is 12.0. The molecule has 1 N–H and O–H groups in total. The van der Waals surface area contributed by atoms with Crippen LogP contribution in [0.1, 0.15) is 46.6 Å². The summed E-state index contributed by atoms with van der Waals surface area (Å²) in [6.45, 7) is 10.00.